The van der Waals surface area contributed by atoms with Gasteiger partial charge in [-0.3, -0.25) is 4.90 Å². The normalized spacial score (nSPS) is 12.2. The van der Waals surface area contributed by atoms with Crippen LogP contribution in [0.25, 0.3) is 0 Å². The van der Waals surface area contributed by atoms with Crippen LogP contribution < -0.4 is 0 Å². The van der Waals surface area contributed by atoms with Crippen molar-refractivity contribution in [3.8, 4) is 0 Å². The zero-order valence-electron chi connectivity index (χ0n) is 10.4. The quantitative estimate of drug-likeness (QED) is 0.850. The highest BCUT2D eigenvalue weighted by Crippen LogP contribution is 2.16. The van der Waals surface area contributed by atoms with Crippen molar-refractivity contribution in [3.05, 3.63) is 35.1 Å². The van der Waals surface area contributed by atoms with Gasteiger partial charge in [0.1, 0.15) is 5.82 Å². The highest BCUT2D eigenvalue weighted by atomic mass is 19.1. The molecule has 1 aromatic carbocycles. The molecule has 1 rings (SSSR count). The molecule has 1 aromatic rings. The number of halogens is 1. The summed E-state index contributed by atoms with van der Waals surface area (Å²) in [6.07, 6.45) is 0. The molecule has 0 heterocycles. The zero-order chi connectivity index (χ0) is 12.3. The summed E-state index contributed by atoms with van der Waals surface area (Å²) in [4.78, 5) is 2.01. The number of likely N-dealkylation sites (N-methyl/N-ethyl adjacent to an activating group) is 1. The lowest BCUT2D eigenvalue weighted by Crippen LogP contribution is -2.43. The Bertz CT molecular complexity index is 363. The highest BCUT2D eigenvalue weighted by molar-refractivity contribution is 5.23. The first-order valence-electron chi connectivity index (χ1n) is 5.44. The number of aliphatic hydroxyl groups is 1. The molecule has 0 aromatic heterocycles. The van der Waals surface area contributed by atoms with Crippen LogP contribution in [0.3, 0.4) is 0 Å². The fourth-order valence-corrected chi connectivity index (χ4v) is 1.34. The topological polar surface area (TPSA) is 23.5 Å². The Kier molecular flexibility index (Phi) is 4.05. The SMILES string of the molecule is Cc1ccc(CN(C)C(C)(C)CO)cc1F. The average Bonchev–Trinajstić information content (AvgIpc) is 2.23. The highest BCUT2D eigenvalue weighted by Gasteiger charge is 2.22. The van der Waals surface area contributed by atoms with Crippen LogP contribution >= 0.6 is 0 Å². The summed E-state index contributed by atoms with van der Waals surface area (Å²) in [5.41, 5.74) is 1.29. The van der Waals surface area contributed by atoms with E-state index < -0.39 is 0 Å². The molecule has 16 heavy (non-hydrogen) atoms. The average molecular weight is 225 g/mol. The molecule has 0 unspecified atom stereocenters. The molecule has 0 aliphatic carbocycles. The first kappa shape index (κ1) is 13.1. The third-order valence-electron chi connectivity index (χ3n) is 3.08. The Morgan fingerprint density at radius 1 is 1.38 bits per heavy atom. The molecule has 0 aliphatic heterocycles. The van der Waals surface area contributed by atoms with Crippen molar-refractivity contribution >= 4 is 0 Å². The van der Waals surface area contributed by atoms with Crippen LogP contribution in [-0.2, 0) is 6.54 Å². The van der Waals surface area contributed by atoms with Crippen molar-refractivity contribution in [2.24, 2.45) is 0 Å². The number of rotatable bonds is 4. The van der Waals surface area contributed by atoms with E-state index in [1.165, 1.54) is 0 Å². The van der Waals surface area contributed by atoms with Crippen molar-refractivity contribution in [2.75, 3.05) is 13.7 Å². The monoisotopic (exact) mass is 225 g/mol. The molecule has 0 spiro atoms. The Balaban J connectivity index is 2.77. The maximum absolute atomic E-state index is 13.3. The van der Waals surface area contributed by atoms with Crippen molar-refractivity contribution in [3.63, 3.8) is 0 Å². The van der Waals surface area contributed by atoms with E-state index in [-0.39, 0.29) is 18.0 Å². The standard InChI is InChI=1S/C13H20FNO/c1-10-5-6-11(7-12(10)14)8-15(4)13(2,3)9-16/h5-7,16H,8-9H2,1-4H3. The van der Waals surface area contributed by atoms with E-state index >= 15 is 0 Å². The van der Waals surface area contributed by atoms with Gasteiger partial charge in [0, 0.05) is 12.1 Å². The van der Waals surface area contributed by atoms with Crippen LogP contribution in [0.2, 0.25) is 0 Å². The molecule has 0 atom stereocenters. The predicted octanol–water partition coefficient (Wildman–Crippen LogP) is 2.34. The lowest BCUT2D eigenvalue weighted by Gasteiger charge is -2.33. The Hall–Kier alpha value is -0.930. The summed E-state index contributed by atoms with van der Waals surface area (Å²) in [5.74, 6) is -0.173. The molecule has 0 amide bonds. The third-order valence-corrected chi connectivity index (χ3v) is 3.08. The van der Waals surface area contributed by atoms with Crippen LogP contribution in [0.5, 0.6) is 0 Å². The summed E-state index contributed by atoms with van der Waals surface area (Å²) in [6.45, 7) is 6.37. The Morgan fingerprint density at radius 2 is 2.00 bits per heavy atom. The van der Waals surface area contributed by atoms with Gasteiger partial charge in [-0.15, -0.1) is 0 Å². The van der Waals surface area contributed by atoms with Gasteiger partial charge in [0.2, 0.25) is 0 Å². The molecular formula is C13H20FNO. The van der Waals surface area contributed by atoms with Gasteiger partial charge in [0.25, 0.3) is 0 Å². The fourth-order valence-electron chi connectivity index (χ4n) is 1.34. The second-order valence-electron chi connectivity index (χ2n) is 4.91. The summed E-state index contributed by atoms with van der Waals surface area (Å²) in [6, 6.07) is 5.26. The number of hydrogen-bond donors (Lipinski definition) is 1. The zero-order valence-corrected chi connectivity index (χ0v) is 10.4. The van der Waals surface area contributed by atoms with Crippen LogP contribution in [0.15, 0.2) is 18.2 Å². The van der Waals surface area contributed by atoms with E-state index in [0.717, 1.165) is 5.56 Å². The van der Waals surface area contributed by atoms with E-state index in [0.29, 0.717) is 12.1 Å². The molecule has 3 heteroatoms. The van der Waals surface area contributed by atoms with Crippen molar-refractivity contribution in [1.82, 2.24) is 4.90 Å². The van der Waals surface area contributed by atoms with Gasteiger partial charge in [-0.25, -0.2) is 4.39 Å². The maximum Gasteiger partial charge on any atom is 0.126 e. The summed E-state index contributed by atoms with van der Waals surface area (Å²) in [7, 11) is 1.92. The fraction of sp³-hybridized carbons (Fsp3) is 0.538. The number of benzene rings is 1. The van der Waals surface area contributed by atoms with Gasteiger partial charge in [0.15, 0.2) is 0 Å². The van der Waals surface area contributed by atoms with Gasteiger partial charge in [-0.2, -0.15) is 0 Å². The number of aliphatic hydroxyl groups excluding tert-OH is 1. The lowest BCUT2D eigenvalue weighted by molar-refractivity contribution is 0.0733. The van der Waals surface area contributed by atoms with E-state index in [2.05, 4.69) is 0 Å². The van der Waals surface area contributed by atoms with Gasteiger partial charge in [0.05, 0.1) is 6.61 Å². The third kappa shape index (κ3) is 3.03. The van der Waals surface area contributed by atoms with E-state index in [4.69, 9.17) is 0 Å². The molecule has 2 nitrogen and oxygen atoms in total. The van der Waals surface area contributed by atoms with Crippen LogP contribution in [0.1, 0.15) is 25.0 Å². The van der Waals surface area contributed by atoms with Crippen molar-refractivity contribution in [2.45, 2.75) is 32.9 Å². The molecule has 0 fully saturated rings. The Morgan fingerprint density at radius 3 is 2.50 bits per heavy atom. The lowest BCUT2D eigenvalue weighted by atomic mass is 10.0. The molecule has 0 radical (unpaired) electrons. The smallest absolute Gasteiger partial charge is 0.126 e. The van der Waals surface area contributed by atoms with Crippen molar-refractivity contribution in [1.29, 1.82) is 0 Å². The Labute approximate surface area is 96.7 Å². The first-order chi connectivity index (χ1) is 7.36. The molecule has 0 saturated heterocycles. The molecule has 0 bridgehead atoms. The van der Waals surface area contributed by atoms with E-state index in [1.807, 2.05) is 31.9 Å². The first-order valence-corrected chi connectivity index (χ1v) is 5.44. The predicted molar refractivity (Wildman–Crippen MR) is 63.8 cm³/mol. The van der Waals surface area contributed by atoms with Gasteiger partial charge in [-0.05, 0) is 45.0 Å². The van der Waals surface area contributed by atoms with Crippen molar-refractivity contribution < 1.29 is 9.50 Å². The van der Waals surface area contributed by atoms with Gasteiger partial charge in [-0.1, -0.05) is 12.1 Å². The van der Waals surface area contributed by atoms with Crippen LogP contribution in [-0.4, -0.2) is 29.2 Å². The molecular weight excluding hydrogens is 205 g/mol. The number of nitrogens with zero attached hydrogens (tertiary/aromatic N) is 1. The van der Waals surface area contributed by atoms with Gasteiger partial charge >= 0.3 is 0 Å². The van der Waals surface area contributed by atoms with E-state index in [1.54, 1.807) is 19.1 Å². The second kappa shape index (κ2) is 4.93. The molecule has 0 saturated carbocycles. The maximum atomic E-state index is 13.3. The number of hydrogen-bond acceptors (Lipinski definition) is 2. The minimum Gasteiger partial charge on any atom is -0.394 e. The minimum absolute atomic E-state index is 0.0812. The van der Waals surface area contributed by atoms with Crippen LogP contribution in [0.4, 0.5) is 4.39 Å². The van der Waals surface area contributed by atoms with Gasteiger partial charge < -0.3 is 5.11 Å². The summed E-state index contributed by atoms with van der Waals surface area (Å²) >= 11 is 0. The second-order valence-corrected chi connectivity index (χ2v) is 4.91. The number of aryl methyl sites for hydroxylation is 1. The molecule has 0 aliphatic rings. The minimum atomic E-state index is -0.290. The largest absolute Gasteiger partial charge is 0.394 e. The molecule has 90 valence electrons. The summed E-state index contributed by atoms with van der Waals surface area (Å²) in [5, 5.41) is 9.23. The van der Waals surface area contributed by atoms with E-state index in [9.17, 15) is 9.50 Å². The summed E-state index contributed by atoms with van der Waals surface area (Å²) < 4.78 is 13.3. The van der Waals surface area contributed by atoms with Crippen LogP contribution in [0, 0.1) is 12.7 Å². The molecule has 1 N–H and O–H groups in total.